The Kier molecular flexibility index (Phi) is 4.67. The number of pyridine rings is 1. The molecule has 0 amide bonds. The lowest BCUT2D eigenvalue weighted by Gasteiger charge is -2.14. The van der Waals surface area contributed by atoms with Crippen LogP contribution in [0.25, 0.3) is 10.8 Å². The summed E-state index contributed by atoms with van der Waals surface area (Å²) in [5.74, 6) is 0. The Morgan fingerprint density at radius 3 is 3.06 bits per heavy atom. The summed E-state index contributed by atoms with van der Waals surface area (Å²) in [6.07, 6.45) is 3.75. The second kappa shape index (κ2) is 6.47. The van der Waals surface area contributed by atoms with Crippen LogP contribution in [-0.2, 0) is 11.3 Å². The zero-order valence-corrected chi connectivity index (χ0v) is 11.0. The topological polar surface area (TPSA) is 34.1 Å². The molecule has 1 atom stereocenters. The molecule has 96 valence electrons. The largest absolute Gasteiger partial charge is 0.380 e. The molecule has 2 rings (SSSR count). The molecule has 1 aromatic heterocycles. The molecule has 0 aliphatic carbocycles. The molecule has 0 fully saturated rings. The van der Waals surface area contributed by atoms with Crippen LogP contribution in [-0.4, -0.2) is 24.2 Å². The highest BCUT2D eigenvalue weighted by Crippen LogP contribution is 2.17. The summed E-state index contributed by atoms with van der Waals surface area (Å²) in [7, 11) is 0. The molecule has 0 aliphatic rings. The molecule has 18 heavy (non-hydrogen) atoms. The predicted molar refractivity (Wildman–Crippen MR) is 74.5 cm³/mol. The first kappa shape index (κ1) is 13.0. The third-order valence-electron chi connectivity index (χ3n) is 2.98. The molecule has 0 bridgehead atoms. The maximum atomic E-state index is 5.40. The summed E-state index contributed by atoms with van der Waals surface area (Å²) in [6, 6.07) is 8.76. The number of benzene rings is 1. The minimum Gasteiger partial charge on any atom is -0.380 e. The van der Waals surface area contributed by atoms with Crippen LogP contribution in [0.2, 0.25) is 0 Å². The van der Waals surface area contributed by atoms with E-state index in [1.807, 2.05) is 19.3 Å². The molecule has 1 unspecified atom stereocenters. The molecule has 0 radical (unpaired) electrons. The second-order valence-electron chi connectivity index (χ2n) is 4.46. The second-order valence-corrected chi connectivity index (χ2v) is 4.46. The molecule has 3 heteroatoms. The normalized spacial score (nSPS) is 12.8. The van der Waals surface area contributed by atoms with Crippen LogP contribution >= 0.6 is 0 Å². The molecular weight excluding hydrogens is 224 g/mol. The van der Waals surface area contributed by atoms with Crippen LogP contribution < -0.4 is 5.32 Å². The van der Waals surface area contributed by atoms with Gasteiger partial charge in [0.15, 0.2) is 0 Å². The fourth-order valence-electron chi connectivity index (χ4n) is 1.98. The maximum absolute atomic E-state index is 5.40. The molecular formula is C15H20N2O. The van der Waals surface area contributed by atoms with Crippen molar-refractivity contribution >= 4 is 10.8 Å². The Bertz CT molecular complexity index is 493. The quantitative estimate of drug-likeness (QED) is 0.848. The third kappa shape index (κ3) is 3.28. The van der Waals surface area contributed by atoms with Gasteiger partial charge in [0.25, 0.3) is 0 Å². The lowest BCUT2D eigenvalue weighted by molar-refractivity contribution is 0.127. The van der Waals surface area contributed by atoms with Gasteiger partial charge in [-0.05, 0) is 30.9 Å². The van der Waals surface area contributed by atoms with Gasteiger partial charge in [0, 0.05) is 37.0 Å². The molecule has 1 N–H and O–H groups in total. The van der Waals surface area contributed by atoms with Crippen LogP contribution in [0.4, 0.5) is 0 Å². The van der Waals surface area contributed by atoms with Gasteiger partial charge < -0.3 is 10.1 Å². The van der Waals surface area contributed by atoms with Gasteiger partial charge in [-0.15, -0.1) is 0 Å². The summed E-state index contributed by atoms with van der Waals surface area (Å²) >= 11 is 0. The number of hydrogen-bond acceptors (Lipinski definition) is 3. The third-order valence-corrected chi connectivity index (χ3v) is 2.98. The number of rotatable bonds is 6. The highest BCUT2D eigenvalue weighted by atomic mass is 16.5. The van der Waals surface area contributed by atoms with E-state index in [0.717, 1.165) is 19.8 Å². The van der Waals surface area contributed by atoms with Crippen LogP contribution in [0.3, 0.4) is 0 Å². The number of hydrogen-bond donors (Lipinski definition) is 1. The number of fused-ring (bicyclic) bond motifs is 1. The van der Waals surface area contributed by atoms with Crippen molar-refractivity contribution in [2.24, 2.45) is 0 Å². The van der Waals surface area contributed by atoms with Gasteiger partial charge in [0.2, 0.25) is 0 Å². The van der Waals surface area contributed by atoms with Crippen LogP contribution in [0.15, 0.2) is 36.7 Å². The van der Waals surface area contributed by atoms with Crippen LogP contribution in [0, 0.1) is 0 Å². The number of aromatic nitrogens is 1. The van der Waals surface area contributed by atoms with Crippen molar-refractivity contribution in [3.8, 4) is 0 Å². The highest BCUT2D eigenvalue weighted by Gasteiger charge is 2.04. The lowest BCUT2D eigenvalue weighted by Crippen LogP contribution is -2.30. The van der Waals surface area contributed by atoms with Gasteiger partial charge in [-0.1, -0.05) is 18.2 Å². The zero-order valence-electron chi connectivity index (χ0n) is 11.0. The van der Waals surface area contributed by atoms with Gasteiger partial charge >= 0.3 is 0 Å². The van der Waals surface area contributed by atoms with Crippen molar-refractivity contribution in [3.63, 3.8) is 0 Å². The molecule has 3 nitrogen and oxygen atoms in total. The number of nitrogens with one attached hydrogen (secondary N) is 1. The molecule has 0 saturated heterocycles. The van der Waals surface area contributed by atoms with Gasteiger partial charge in [0.05, 0.1) is 6.61 Å². The highest BCUT2D eigenvalue weighted by molar-refractivity contribution is 5.84. The molecule has 0 saturated carbocycles. The molecule has 0 spiro atoms. The predicted octanol–water partition coefficient (Wildman–Crippen LogP) is 2.75. The lowest BCUT2D eigenvalue weighted by atomic mass is 10.1. The van der Waals surface area contributed by atoms with Crippen molar-refractivity contribution in [1.29, 1.82) is 0 Å². The van der Waals surface area contributed by atoms with Gasteiger partial charge in [0.1, 0.15) is 0 Å². The van der Waals surface area contributed by atoms with Gasteiger partial charge in [-0.2, -0.15) is 0 Å². The first-order chi connectivity index (χ1) is 8.81. The van der Waals surface area contributed by atoms with Crippen molar-refractivity contribution in [3.05, 3.63) is 42.2 Å². The van der Waals surface area contributed by atoms with E-state index in [1.165, 1.54) is 16.3 Å². The Labute approximate surface area is 108 Å². The Morgan fingerprint density at radius 1 is 1.33 bits per heavy atom. The Hall–Kier alpha value is -1.45. The molecule has 1 heterocycles. The average molecular weight is 244 g/mol. The van der Waals surface area contributed by atoms with E-state index >= 15 is 0 Å². The summed E-state index contributed by atoms with van der Waals surface area (Å²) in [5.41, 5.74) is 1.30. The summed E-state index contributed by atoms with van der Waals surface area (Å²) in [6.45, 7) is 6.54. The zero-order chi connectivity index (χ0) is 12.8. The Balaban J connectivity index is 2.03. The summed E-state index contributed by atoms with van der Waals surface area (Å²) in [5, 5.41) is 5.94. The van der Waals surface area contributed by atoms with Crippen LogP contribution in [0.5, 0.6) is 0 Å². The van der Waals surface area contributed by atoms with Crippen LogP contribution in [0.1, 0.15) is 19.4 Å². The summed E-state index contributed by atoms with van der Waals surface area (Å²) in [4.78, 5) is 4.15. The van der Waals surface area contributed by atoms with Crippen molar-refractivity contribution in [2.45, 2.75) is 26.4 Å². The standard InChI is InChI=1S/C15H20N2O/c1-3-18-11-12(2)17-10-14-6-4-5-13-9-16-8-7-15(13)14/h4-9,12,17H,3,10-11H2,1-2H3. The van der Waals surface area contributed by atoms with E-state index in [1.54, 1.807) is 0 Å². The van der Waals surface area contributed by atoms with E-state index in [9.17, 15) is 0 Å². The smallest absolute Gasteiger partial charge is 0.0616 e. The molecule has 1 aromatic carbocycles. The van der Waals surface area contributed by atoms with E-state index in [-0.39, 0.29) is 0 Å². The minimum atomic E-state index is 0.363. The monoisotopic (exact) mass is 244 g/mol. The number of ether oxygens (including phenoxy) is 1. The van der Waals surface area contributed by atoms with E-state index in [4.69, 9.17) is 4.74 Å². The van der Waals surface area contributed by atoms with E-state index in [2.05, 4.69) is 41.5 Å². The maximum Gasteiger partial charge on any atom is 0.0616 e. The average Bonchev–Trinajstić information content (AvgIpc) is 2.42. The first-order valence-corrected chi connectivity index (χ1v) is 6.44. The Morgan fingerprint density at radius 2 is 2.22 bits per heavy atom. The number of nitrogens with zero attached hydrogens (tertiary/aromatic N) is 1. The first-order valence-electron chi connectivity index (χ1n) is 6.44. The minimum absolute atomic E-state index is 0.363. The fourth-order valence-corrected chi connectivity index (χ4v) is 1.98. The molecule has 2 aromatic rings. The van der Waals surface area contributed by atoms with Crippen molar-refractivity contribution in [1.82, 2.24) is 10.3 Å². The van der Waals surface area contributed by atoms with Crippen molar-refractivity contribution in [2.75, 3.05) is 13.2 Å². The molecule has 0 aliphatic heterocycles. The van der Waals surface area contributed by atoms with Gasteiger partial charge in [-0.3, -0.25) is 4.98 Å². The van der Waals surface area contributed by atoms with E-state index < -0.39 is 0 Å². The fraction of sp³-hybridized carbons (Fsp3) is 0.400. The SMILES string of the molecule is CCOCC(C)NCc1cccc2cnccc12. The summed E-state index contributed by atoms with van der Waals surface area (Å²) < 4.78 is 5.40. The van der Waals surface area contributed by atoms with Gasteiger partial charge in [-0.25, -0.2) is 0 Å². The van der Waals surface area contributed by atoms with E-state index in [0.29, 0.717) is 6.04 Å². The van der Waals surface area contributed by atoms with Crippen molar-refractivity contribution < 1.29 is 4.74 Å².